The molecule has 1 unspecified atom stereocenters. The van der Waals surface area contributed by atoms with E-state index in [2.05, 4.69) is 51.1 Å². The van der Waals surface area contributed by atoms with Gasteiger partial charge in [-0.05, 0) is 54.7 Å². The number of benzene rings is 2. The van der Waals surface area contributed by atoms with E-state index in [-0.39, 0.29) is 6.04 Å². The Morgan fingerprint density at radius 1 is 1.05 bits per heavy atom. The highest BCUT2D eigenvalue weighted by atomic mass is 16.5. The minimum Gasteiger partial charge on any atom is -0.494 e. The van der Waals surface area contributed by atoms with Crippen LogP contribution in [0.15, 0.2) is 42.5 Å². The van der Waals surface area contributed by atoms with Gasteiger partial charge in [0.2, 0.25) is 0 Å². The van der Waals surface area contributed by atoms with Crippen molar-refractivity contribution in [3.05, 3.63) is 64.7 Å². The van der Waals surface area contributed by atoms with E-state index in [9.17, 15) is 0 Å². The number of hydrogen-bond donors (Lipinski definition) is 1. The maximum atomic E-state index is 6.40. The predicted octanol–water partition coefficient (Wildman–Crippen LogP) is 4.14. The standard InChI is InChI=1S/C18H23NO/c1-4-12-20-16-10-8-15(9-11-16)18(19)17-7-5-6-13(2)14(17)3/h5-11,18H,4,12,19H2,1-3H3. The van der Waals surface area contributed by atoms with Crippen molar-refractivity contribution in [3.8, 4) is 5.75 Å². The molecule has 2 N–H and O–H groups in total. The van der Waals surface area contributed by atoms with Crippen molar-refractivity contribution >= 4 is 0 Å². The quantitative estimate of drug-likeness (QED) is 0.885. The molecule has 0 bridgehead atoms. The molecule has 0 fully saturated rings. The zero-order valence-electron chi connectivity index (χ0n) is 12.5. The largest absolute Gasteiger partial charge is 0.494 e. The van der Waals surface area contributed by atoms with Crippen LogP contribution in [-0.4, -0.2) is 6.61 Å². The van der Waals surface area contributed by atoms with Crippen molar-refractivity contribution in [3.63, 3.8) is 0 Å². The topological polar surface area (TPSA) is 35.2 Å². The van der Waals surface area contributed by atoms with Gasteiger partial charge in [-0.3, -0.25) is 0 Å². The van der Waals surface area contributed by atoms with Gasteiger partial charge in [0.05, 0.1) is 12.6 Å². The van der Waals surface area contributed by atoms with Crippen molar-refractivity contribution in [1.29, 1.82) is 0 Å². The third kappa shape index (κ3) is 3.20. The van der Waals surface area contributed by atoms with Crippen LogP contribution < -0.4 is 10.5 Å². The van der Waals surface area contributed by atoms with E-state index in [0.29, 0.717) is 0 Å². The second kappa shape index (κ2) is 6.58. The van der Waals surface area contributed by atoms with Crippen LogP contribution in [0, 0.1) is 13.8 Å². The molecule has 0 aliphatic heterocycles. The third-order valence-electron chi connectivity index (χ3n) is 3.69. The molecule has 0 spiro atoms. The highest BCUT2D eigenvalue weighted by Gasteiger charge is 2.12. The Morgan fingerprint density at radius 3 is 2.40 bits per heavy atom. The van der Waals surface area contributed by atoms with E-state index in [4.69, 9.17) is 10.5 Å². The van der Waals surface area contributed by atoms with E-state index in [1.54, 1.807) is 0 Å². The van der Waals surface area contributed by atoms with Gasteiger partial charge in [-0.25, -0.2) is 0 Å². The average Bonchev–Trinajstić information content (AvgIpc) is 2.48. The molecule has 0 heterocycles. The molecule has 106 valence electrons. The Kier molecular flexibility index (Phi) is 4.80. The second-order valence-electron chi connectivity index (χ2n) is 5.18. The smallest absolute Gasteiger partial charge is 0.119 e. The number of aryl methyl sites for hydroxylation is 1. The summed E-state index contributed by atoms with van der Waals surface area (Å²) in [7, 11) is 0. The van der Waals surface area contributed by atoms with Gasteiger partial charge in [-0.1, -0.05) is 37.3 Å². The van der Waals surface area contributed by atoms with E-state index in [0.717, 1.165) is 24.3 Å². The molecule has 0 aliphatic rings. The third-order valence-corrected chi connectivity index (χ3v) is 3.69. The van der Waals surface area contributed by atoms with Crippen molar-refractivity contribution in [2.45, 2.75) is 33.2 Å². The van der Waals surface area contributed by atoms with Crippen molar-refractivity contribution in [1.82, 2.24) is 0 Å². The summed E-state index contributed by atoms with van der Waals surface area (Å²) in [6.45, 7) is 7.10. The van der Waals surface area contributed by atoms with Gasteiger partial charge in [-0.15, -0.1) is 0 Å². The van der Waals surface area contributed by atoms with Crippen LogP contribution in [0.4, 0.5) is 0 Å². The summed E-state index contributed by atoms with van der Waals surface area (Å²) in [5, 5.41) is 0. The van der Waals surface area contributed by atoms with Crippen LogP contribution >= 0.6 is 0 Å². The summed E-state index contributed by atoms with van der Waals surface area (Å²) >= 11 is 0. The lowest BCUT2D eigenvalue weighted by Crippen LogP contribution is -2.13. The molecule has 0 aromatic heterocycles. The highest BCUT2D eigenvalue weighted by Crippen LogP contribution is 2.25. The summed E-state index contributed by atoms with van der Waals surface area (Å²) in [6, 6.07) is 14.3. The summed E-state index contributed by atoms with van der Waals surface area (Å²) in [5.74, 6) is 0.906. The Morgan fingerprint density at radius 2 is 1.75 bits per heavy atom. The first-order valence-electron chi connectivity index (χ1n) is 7.18. The molecular weight excluding hydrogens is 246 g/mol. The first-order valence-corrected chi connectivity index (χ1v) is 7.18. The van der Waals surface area contributed by atoms with Crippen LogP contribution in [0.5, 0.6) is 5.75 Å². The van der Waals surface area contributed by atoms with Crippen LogP contribution in [-0.2, 0) is 0 Å². The fraction of sp³-hybridized carbons (Fsp3) is 0.333. The van der Waals surface area contributed by atoms with Crippen LogP contribution in [0.25, 0.3) is 0 Å². The Hall–Kier alpha value is -1.80. The molecule has 0 radical (unpaired) electrons. The fourth-order valence-electron chi connectivity index (χ4n) is 2.28. The monoisotopic (exact) mass is 269 g/mol. The minimum atomic E-state index is -0.0878. The predicted molar refractivity (Wildman–Crippen MR) is 84.2 cm³/mol. The Balaban J connectivity index is 2.20. The number of ether oxygens (including phenoxy) is 1. The molecule has 1 atom stereocenters. The zero-order valence-corrected chi connectivity index (χ0v) is 12.5. The summed E-state index contributed by atoms with van der Waals surface area (Å²) in [5.41, 5.74) is 11.2. The molecule has 0 saturated heterocycles. The molecule has 0 amide bonds. The molecule has 20 heavy (non-hydrogen) atoms. The van der Waals surface area contributed by atoms with E-state index < -0.39 is 0 Å². The zero-order chi connectivity index (χ0) is 14.5. The molecule has 0 aliphatic carbocycles. The lowest BCUT2D eigenvalue weighted by Gasteiger charge is -2.17. The summed E-state index contributed by atoms with van der Waals surface area (Å²) < 4.78 is 5.60. The van der Waals surface area contributed by atoms with Crippen LogP contribution in [0.2, 0.25) is 0 Å². The molecule has 2 rings (SSSR count). The molecular formula is C18H23NO. The first kappa shape index (κ1) is 14.6. The van der Waals surface area contributed by atoms with Gasteiger partial charge in [0.25, 0.3) is 0 Å². The van der Waals surface area contributed by atoms with Crippen molar-refractivity contribution in [2.24, 2.45) is 5.73 Å². The number of hydrogen-bond acceptors (Lipinski definition) is 2. The molecule has 0 saturated carbocycles. The van der Waals surface area contributed by atoms with Crippen molar-refractivity contribution < 1.29 is 4.74 Å². The second-order valence-corrected chi connectivity index (χ2v) is 5.18. The SMILES string of the molecule is CCCOc1ccc(C(N)c2cccc(C)c2C)cc1. The number of rotatable bonds is 5. The Bertz CT molecular complexity index is 560. The lowest BCUT2D eigenvalue weighted by atomic mass is 9.93. The maximum Gasteiger partial charge on any atom is 0.119 e. The minimum absolute atomic E-state index is 0.0878. The molecule has 2 aromatic carbocycles. The van der Waals surface area contributed by atoms with Gasteiger partial charge in [0, 0.05) is 0 Å². The van der Waals surface area contributed by atoms with Crippen LogP contribution in [0.1, 0.15) is 41.6 Å². The van der Waals surface area contributed by atoms with Gasteiger partial charge < -0.3 is 10.5 Å². The fourth-order valence-corrected chi connectivity index (χ4v) is 2.28. The van der Waals surface area contributed by atoms with E-state index in [1.807, 2.05) is 12.1 Å². The molecule has 2 aromatic rings. The summed E-state index contributed by atoms with van der Waals surface area (Å²) in [4.78, 5) is 0. The van der Waals surface area contributed by atoms with Crippen LogP contribution in [0.3, 0.4) is 0 Å². The molecule has 2 heteroatoms. The van der Waals surface area contributed by atoms with Gasteiger partial charge in [0.15, 0.2) is 0 Å². The number of nitrogens with two attached hydrogens (primary N) is 1. The highest BCUT2D eigenvalue weighted by molar-refractivity contribution is 5.41. The molecule has 2 nitrogen and oxygen atoms in total. The average molecular weight is 269 g/mol. The van der Waals surface area contributed by atoms with E-state index in [1.165, 1.54) is 16.7 Å². The first-order chi connectivity index (χ1) is 9.63. The lowest BCUT2D eigenvalue weighted by molar-refractivity contribution is 0.317. The van der Waals surface area contributed by atoms with Gasteiger partial charge in [0.1, 0.15) is 5.75 Å². The summed E-state index contributed by atoms with van der Waals surface area (Å²) in [6.07, 6.45) is 1.02. The maximum absolute atomic E-state index is 6.40. The van der Waals surface area contributed by atoms with Gasteiger partial charge in [-0.2, -0.15) is 0 Å². The Labute approximate surface area is 121 Å². The van der Waals surface area contributed by atoms with Gasteiger partial charge >= 0.3 is 0 Å². The van der Waals surface area contributed by atoms with Crippen molar-refractivity contribution in [2.75, 3.05) is 6.61 Å². The van der Waals surface area contributed by atoms with E-state index >= 15 is 0 Å². The normalized spacial score (nSPS) is 12.2.